The summed E-state index contributed by atoms with van der Waals surface area (Å²) in [6.45, 7) is 2.46. The van der Waals surface area contributed by atoms with Gasteiger partial charge in [-0.25, -0.2) is 0 Å². The van der Waals surface area contributed by atoms with Gasteiger partial charge in [-0.1, -0.05) is 0 Å². The van der Waals surface area contributed by atoms with Crippen molar-refractivity contribution in [3.63, 3.8) is 0 Å². The first-order chi connectivity index (χ1) is 11.4. The van der Waals surface area contributed by atoms with Crippen LogP contribution in [0.15, 0.2) is 0 Å². The molecular formula is C22H42Sn. The molecule has 3 saturated carbocycles. The first-order valence-corrected chi connectivity index (χ1v) is 18.3. The fourth-order valence-electron chi connectivity index (χ4n) is 7.02. The van der Waals surface area contributed by atoms with Gasteiger partial charge in [0.2, 0.25) is 0 Å². The fraction of sp³-hybridized carbons (Fsp3) is 1.00. The Morgan fingerprint density at radius 2 is 0.913 bits per heavy atom. The third kappa shape index (κ3) is 4.32. The summed E-state index contributed by atoms with van der Waals surface area (Å²) in [5.41, 5.74) is 0. The molecular weight excluding hydrogens is 383 g/mol. The van der Waals surface area contributed by atoms with Gasteiger partial charge in [-0.3, -0.25) is 0 Å². The number of hydrogen-bond acceptors (Lipinski definition) is 0. The van der Waals surface area contributed by atoms with E-state index in [-0.39, 0.29) is 0 Å². The Morgan fingerprint density at radius 1 is 0.565 bits per heavy atom. The zero-order valence-electron chi connectivity index (χ0n) is 16.0. The predicted octanol–water partition coefficient (Wildman–Crippen LogP) is 8.24. The molecule has 0 bridgehead atoms. The number of rotatable bonds is 6. The van der Waals surface area contributed by atoms with Gasteiger partial charge in [0, 0.05) is 0 Å². The number of hydrogen-bond donors (Lipinski definition) is 0. The van der Waals surface area contributed by atoms with Crippen LogP contribution in [0.1, 0.15) is 116 Å². The summed E-state index contributed by atoms with van der Waals surface area (Å²) < 4.78 is 5.70. The van der Waals surface area contributed by atoms with Crippen molar-refractivity contribution in [3.05, 3.63) is 0 Å². The van der Waals surface area contributed by atoms with Crippen molar-refractivity contribution in [2.45, 2.75) is 132 Å². The molecule has 0 aliphatic heterocycles. The summed E-state index contributed by atoms with van der Waals surface area (Å²) in [6.07, 6.45) is 27.3. The summed E-state index contributed by atoms with van der Waals surface area (Å²) in [5, 5.41) is 0. The van der Waals surface area contributed by atoms with Crippen LogP contribution in [0, 0.1) is 0 Å². The molecule has 0 nitrogen and oxygen atoms in total. The third-order valence-electron chi connectivity index (χ3n) is 8.06. The van der Waals surface area contributed by atoms with Crippen LogP contribution < -0.4 is 0 Å². The van der Waals surface area contributed by atoms with Crippen LogP contribution >= 0.6 is 0 Å². The summed E-state index contributed by atoms with van der Waals surface area (Å²) >= 11 is -2.07. The quantitative estimate of drug-likeness (QED) is 0.376. The van der Waals surface area contributed by atoms with E-state index in [1.807, 2.05) is 0 Å². The van der Waals surface area contributed by atoms with E-state index in [2.05, 4.69) is 6.92 Å². The molecule has 0 aromatic heterocycles. The molecule has 3 fully saturated rings. The van der Waals surface area contributed by atoms with E-state index in [0.717, 1.165) is 0 Å². The van der Waals surface area contributed by atoms with E-state index < -0.39 is 18.4 Å². The molecule has 3 aliphatic carbocycles. The average molecular weight is 425 g/mol. The summed E-state index contributed by atoms with van der Waals surface area (Å²) in [4.78, 5) is 0. The van der Waals surface area contributed by atoms with E-state index in [1.54, 1.807) is 107 Å². The van der Waals surface area contributed by atoms with Gasteiger partial charge in [0.15, 0.2) is 0 Å². The zero-order valence-corrected chi connectivity index (χ0v) is 18.8. The standard InChI is InChI=1S/3C6H11.C4H9.Sn/c3*1-2-4-6-5-3-1;1-3-4-2;/h3*1H,2-6H2;1,3-4H2,2H3;. The second-order valence-corrected chi connectivity index (χ2v) is 24.0. The predicted molar refractivity (Wildman–Crippen MR) is 106 cm³/mol. The van der Waals surface area contributed by atoms with Crippen molar-refractivity contribution < 1.29 is 0 Å². The van der Waals surface area contributed by atoms with Crippen LogP contribution in [0.25, 0.3) is 0 Å². The van der Waals surface area contributed by atoms with E-state index >= 15 is 0 Å². The van der Waals surface area contributed by atoms with E-state index in [4.69, 9.17) is 0 Å². The van der Waals surface area contributed by atoms with E-state index in [1.165, 1.54) is 18.2 Å². The molecule has 23 heavy (non-hydrogen) atoms. The Bertz CT molecular complexity index is 273. The first kappa shape index (κ1) is 18.6. The molecule has 134 valence electrons. The summed E-state index contributed by atoms with van der Waals surface area (Å²) in [6, 6.07) is 0. The van der Waals surface area contributed by atoms with Gasteiger partial charge in [0.25, 0.3) is 0 Å². The summed E-state index contributed by atoms with van der Waals surface area (Å²) in [7, 11) is 0. The molecule has 0 radical (unpaired) electrons. The van der Waals surface area contributed by atoms with Crippen LogP contribution in [0.4, 0.5) is 0 Å². The Labute approximate surface area is 150 Å². The minimum atomic E-state index is -2.07. The number of unbranched alkanes of at least 4 members (excludes halogenated alkanes) is 1. The second kappa shape index (κ2) is 9.48. The zero-order chi connectivity index (χ0) is 16.0. The van der Waals surface area contributed by atoms with Crippen LogP contribution in [-0.2, 0) is 0 Å². The fourth-order valence-corrected chi connectivity index (χ4v) is 31.7. The van der Waals surface area contributed by atoms with Crippen molar-refractivity contribution >= 4 is 18.4 Å². The van der Waals surface area contributed by atoms with Crippen LogP contribution in [0.3, 0.4) is 0 Å². The molecule has 0 unspecified atom stereocenters. The van der Waals surface area contributed by atoms with Crippen molar-refractivity contribution in [2.75, 3.05) is 0 Å². The van der Waals surface area contributed by atoms with Gasteiger partial charge in [-0.2, -0.15) is 0 Å². The normalized spacial score (nSPS) is 26.5. The minimum absolute atomic E-state index is 1.30. The molecule has 0 heterocycles. The van der Waals surface area contributed by atoms with Crippen LogP contribution in [0.2, 0.25) is 16.2 Å². The average Bonchev–Trinajstić information content (AvgIpc) is 2.65. The monoisotopic (exact) mass is 426 g/mol. The molecule has 0 saturated heterocycles. The molecule has 0 spiro atoms. The molecule has 3 rings (SSSR count). The van der Waals surface area contributed by atoms with Gasteiger partial charge in [-0.05, 0) is 0 Å². The molecule has 0 aromatic carbocycles. The van der Waals surface area contributed by atoms with E-state index in [0.29, 0.717) is 0 Å². The Hall–Kier alpha value is 0.799. The van der Waals surface area contributed by atoms with Crippen LogP contribution in [-0.4, -0.2) is 18.4 Å². The topological polar surface area (TPSA) is 0 Å². The molecule has 3 aliphatic rings. The van der Waals surface area contributed by atoms with Crippen LogP contribution in [0.5, 0.6) is 0 Å². The second-order valence-electron chi connectivity index (χ2n) is 9.22. The molecule has 0 N–H and O–H groups in total. The Kier molecular flexibility index (Phi) is 7.66. The molecule has 0 atom stereocenters. The van der Waals surface area contributed by atoms with Gasteiger partial charge in [0.1, 0.15) is 0 Å². The Morgan fingerprint density at radius 3 is 1.22 bits per heavy atom. The first-order valence-electron chi connectivity index (χ1n) is 11.4. The van der Waals surface area contributed by atoms with Gasteiger partial charge in [-0.15, -0.1) is 0 Å². The van der Waals surface area contributed by atoms with E-state index in [9.17, 15) is 0 Å². The SMILES string of the molecule is CCC[CH2][Sn]([CH]1CCCCC1)([CH]1CCCCC1)[CH]1CCCCC1. The third-order valence-corrected chi connectivity index (χ3v) is 29.5. The Balaban J connectivity index is 1.88. The maximum absolute atomic E-state index is 2.46. The molecule has 0 amide bonds. The maximum atomic E-state index is 2.46. The van der Waals surface area contributed by atoms with Crippen molar-refractivity contribution in [3.8, 4) is 0 Å². The van der Waals surface area contributed by atoms with Crippen molar-refractivity contribution in [1.82, 2.24) is 0 Å². The molecule has 1 heteroatoms. The van der Waals surface area contributed by atoms with Gasteiger partial charge >= 0.3 is 151 Å². The molecule has 0 aromatic rings. The van der Waals surface area contributed by atoms with Crippen molar-refractivity contribution in [1.29, 1.82) is 0 Å². The van der Waals surface area contributed by atoms with Crippen molar-refractivity contribution in [2.24, 2.45) is 0 Å². The van der Waals surface area contributed by atoms with Gasteiger partial charge < -0.3 is 0 Å². The van der Waals surface area contributed by atoms with Gasteiger partial charge in [0.05, 0.1) is 0 Å². The summed E-state index contributed by atoms with van der Waals surface area (Å²) in [5.74, 6) is 0.